The molecule has 0 saturated heterocycles. The van der Waals surface area contributed by atoms with E-state index in [-0.39, 0.29) is 28.1 Å². The molecule has 2 amide bonds. The normalized spacial score (nSPS) is 14.6. The Morgan fingerprint density at radius 3 is 2.13 bits per heavy atom. The Balaban J connectivity index is 1.68. The summed E-state index contributed by atoms with van der Waals surface area (Å²) in [7, 11) is 0. The van der Waals surface area contributed by atoms with E-state index in [9.17, 15) is 32.3 Å². The number of alkyl halides is 3. The molecule has 0 radical (unpaired) electrons. The number of Topliss-reactive ketones (excluding diaryl/α,β-unsaturated/α-hetero) is 1. The first-order valence-corrected chi connectivity index (χ1v) is 9.32. The Labute approximate surface area is 175 Å². The number of amides is 2. The lowest BCUT2D eigenvalue weighted by atomic mass is 10.1. The predicted octanol–water partition coefficient (Wildman–Crippen LogP) is 3.08. The molecule has 0 N–H and O–H groups in total. The number of ether oxygens (including phenoxy) is 1. The van der Waals surface area contributed by atoms with E-state index in [4.69, 9.17) is 4.74 Å². The monoisotopic (exact) mass is 436 g/mol. The number of carbonyl (C=O) groups excluding carboxylic acids is 4. The molecule has 0 saturated carbocycles. The van der Waals surface area contributed by atoms with Crippen LogP contribution in [-0.4, -0.2) is 51.9 Å². The SMILES string of the molecule is Cc1cc(C(=O)COC(=O)[C@H](C)N2C(=O)c3ccccc3C2=O)c(C)n1CC(F)(F)F. The molecule has 2 heterocycles. The van der Waals surface area contributed by atoms with E-state index in [1.165, 1.54) is 39.0 Å². The average molecular weight is 436 g/mol. The molecular weight excluding hydrogens is 417 g/mol. The number of esters is 1. The third-order valence-electron chi connectivity index (χ3n) is 5.11. The van der Waals surface area contributed by atoms with Gasteiger partial charge >= 0.3 is 12.1 Å². The molecule has 0 unspecified atom stereocenters. The molecule has 1 aliphatic rings. The highest BCUT2D eigenvalue weighted by molar-refractivity contribution is 6.22. The van der Waals surface area contributed by atoms with Gasteiger partial charge in [-0.05, 0) is 39.0 Å². The van der Waals surface area contributed by atoms with Gasteiger partial charge in [0.1, 0.15) is 12.6 Å². The summed E-state index contributed by atoms with van der Waals surface area (Å²) in [6, 6.07) is 6.12. The lowest BCUT2D eigenvalue weighted by Crippen LogP contribution is -2.44. The van der Waals surface area contributed by atoms with Crippen LogP contribution in [0.15, 0.2) is 30.3 Å². The molecule has 164 valence electrons. The van der Waals surface area contributed by atoms with Crippen LogP contribution in [0.3, 0.4) is 0 Å². The smallest absolute Gasteiger partial charge is 0.406 e. The minimum absolute atomic E-state index is 0.00272. The molecule has 0 bridgehead atoms. The maximum absolute atomic E-state index is 12.7. The van der Waals surface area contributed by atoms with Crippen molar-refractivity contribution in [2.75, 3.05) is 6.61 Å². The Bertz CT molecular complexity index is 1050. The van der Waals surface area contributed by atoms with E-state index < -0.39 is 48.9 Å². The minimum Gasteiger partial charge on any atom is -0.456 e. The number of aromatic nitrogens is 1. The lowest BCUT2D eigenvalue weighted by molar-refractivity contribution is -0.146. The predicted molar refractivity (Wildman–Crippen MR) is 102 cm³/mol. The molecule has 0 fully saturated rings. The topological polar surface area (TPSA) is 85.7 Å². The summed E-state index contributed by atoms with van der Waals surface area (Å²) in [5.74, 6) is -2.96. The number of halogens is 3. The van der Waals surface area contributed by atoms with Crippen LogP contribution in [0.2, 0.25) is 0 Å². The van der Waals surface area contributed by atoms with Gasteiger partial charge in [-0.15, -0.1) is 0 Å². The third kappa shape index (κ3) is 4.23. The van der Waals surface area contributed by atoms with Gasteiger partial charge in [0.25, 0.3) is 11.8 Å². The van der Waals surface area contributed by atoms with Crippen molar-refractivity contribution in [2.45, 2.75) is 39.5 Å². The number of carbonyl (C=O) groups is 4. The second-order valence-electron chi connectivity index (χ2n) is 7.22. The van der Waals surface area contributed by atoms with Crippen LogP contribution in [0.4, 0.5) is 13.2 Å². The highest BCUT2D eigenvalue weighted by Gasteiger charge is 2.41. The van der Waals surface area contributed by atoms with Crippen LogP contribution in [0.25, 0.3) is 0 Å². The standard InChI is InChI=1S/C21H19F3N2O5/c1-11-8-16(12(2)25(11)10-21(22,23)24)17(27)9-31-20(30)13(3)26-18(28)14-6-4-5-7-15(14)19(26)29/h4-8,13H,9-10H2,1-3H3/t13-/m0/s1. The van der Waals surface area contributed by atoms with Crippen molar-refractivity contribution in [3.05, 3.63) is 58.4 Å². The van der Waals surface area contributed by atoms with Gasteiger partial charge in [-0.1, -0.05) is 12.1 Å². The van der Waals surface area contributed by atoms with Gasteiger partial charge in [-0.25, -0.2) is 4.79 Å². The van der Waals surface area contributed by atoms with E-state index in [0.29, 0.717) is 0 Å². The van der Waals surface area contributed by atoms with Crippen LogP contribution >= 0.6 is 0 Å². The van der Waals surface area contributed by atoms with Crippen LogP contribution in [0.1, 0.15) is 49.4 Å². The maximum atomic E-state index is 12.7. The number of nitrogens with zero attached hydrogens (tertiary/aromatic N) is 2. The largest absolute Gasteiger partial charge is 0.456 e. The molecule has 0 spiro atoms. The van der Waals surface area contributed by atoms with Crippen LogP contribution in [0.5, 0.6) is 0 Å². The number of hydrogen-bond acceptors (Lipinski definition) is 5. The minimum atomic E-state index is -4.46. The fourth-order valence-electron chi connectivity index (χ4n) is 3.51. The molecular formula is C21H19F3N2O5. The molecule has 1 aromatic heterocycles. The molecule has 31 heavy (non-hydrogen) atoms. The third-order valence-corrected chi connectivity index (χ3v) is 5.11. The number of fused-ring (bicyclic) bond motifs is 1. The zero-order valence-electron chi connectivity index (χ0n) is 16.9. The van der Waals surface area contributed by atoms with Crippen molar-refractivity contribution in [2.24, 2.45) is 0 Å². The van der Waals surface area contributed by atoms with Crippen LogP contribution in [0, 0.1) is 13.8 Å². The Hall–Kier alpha value is -3.43. The van der Waals surface area contributed by atoms with Crippen molar-refractivity contribution in [3.63, 3.8) is 0 Å². The Morgan fingerprint density at radius 1 is 1.06 bits per heavy atom. The number of aryl methyl sites for hydroxylation is 1. The summed E-state index contributed by atoms with van der Waals surface area (Å²) in [6.07, 6.45) is -4.46. The fraction of sp³-hybridized carbons (Fsp3) is 0.333. The highest BCUT2D eigenvalue weighted by atomic mass is 19.4. The zero-order valence-corrected chi connectivity index (χ0v) is 16.9. The lowest BCUT2D eigenvalue weighted by Gasteiger charge is -2.20. The van der Waals surface area contributed by atoms with Gasteiger partial charge in [-0.3, -0.25) is 19.3 Å². The Morgan fingerprint density at radius 2 is 1.61 bits per heavy atom. The Kier molecular flexibility index (Phi) is 5.75. The summed E-state index contributed by atoms with van der Waals surface area (Å²) in [4.78, 5) is 50.5. The van der Waals surface area contributed by atoms with Crippen molar-refractivity contribution in [3.8, 4) is 0 Å². The maximum Gasteiger partial charge on any atom is 0.406 e. The van der Waals surface area contributed by atoms with E-state index in [1.54, 1.807) is 12.1 Å². The summed E-state index contributed by atoms with van der Waals surface area (Å²) < 4.78 is 44.1. The molecule has 1 aliphatic heterocycles. The molecule has 2 aromatic rings. The zero-order chi connectivity index (χ0) is 23.1. The summed E-state index contributed by atoms with van der Waals surface area (Å²) in [6.45, 7) is 2.13. The molecule has 3 rings (SSSR count). The number of imide groups is 1. The summed E-state index contributed by atoms with van der Waals surface area (Å²) in [5, 5.41) is 0. The highest BCUT2D eigenvalue weighted by Crippen LogP contribution is 2.25. The first kappa shape index (κ1) is 22.3. The van der Waals surface area contributed by atoms with E-state index >= 15 is 0 Å². The number of benzene rings is 1. The van der Waals surface area contributed by atoms with Crippen molar-refractivity contribution >= 4 is 23.6 Å². The molecule has 7 nitrogen and oxygen atoms in total. The van der Waals surface area contributed by atoms with Gasteiger partial charge in [0.05, 0.1) is 11.1 Å². The fourth-order valence-corrected chi connectivity index (χ4v) is 3.51. The quantitative estimate of drug-likeness (QED) is 0.395. The second kappa shape index (κ2) is 8.01. The van der Waals surface area contributed by atoms with Crippen LogP contribution in [-0.2, 0) is 16.1 Å². The number of rotatable bonds is 6. The van der Waals surface area contributed by atoms with Crippen molar-refractivity contribution in [1.82, 2.24) is 9.47 Å². The van der Waals surface area contributed by atoms with E-state index in [0.717, 1.165) is 9.47 Å². The first-order valence-electron chi connectivity index (χ1n) is 9.32. The van der Waals surface area contributed by atoms with E-state index in [2.05, 4.69) is 0 Å². The molecule has 10 heteroatoms. The molecule has 1 aromatic carbocycles. The first-order chi connectivity index (χ1) is 14.4. The molecule has 0 aliphatic carbocycles. The van der Waals surface area contributed by atoms with Gasteiger partial charge < -0.3 is 9.30 Å². The van der Waals surface area contributed by atoms with E-state index in [1.807, 2.05) is 0 Å². The van der Waals surface area contributed by atoms with Crippen LogP contribution < -0.4 is 0 Å². The number of hydrogen-bond donors (Lipinski definition) is 0. The van der Waals surface area contributed by atoms with Gasteiger partial charge in [0, 0.05) is 17.0 Å². The van der Waals surface area contributed by atoms with Crippen molar-refractivity contribution in [1.29, 1.82) is 0 Å². The summed E-state index contributed by atoms with van der Waals surface area (Å²) >= 11 is 0. The van der Waals surface area contributed by atoms with Gasteiger partial charge in [0.2, 0.25) is 5.78 Å². The second-order valence-corrected chi connectivity index (χ2v) is 7.22. The summed E-state index contributed by atoms with van der Waals surface area (Å²) in [5.41, 5.74) is 0.678. The van der Waals surface area contributed by atoms with Gasteiger partial charge in [0.15, 0.2) is 6.61 Å². The van der Waals surface area contributed by atoms with Crippen molar-refractivity contribution < 1.29 is 37.1 Å². The van der Waals surface area contributed by atoms with Gasteiger partial charge in [-0.2, -0.15) is 13.2 Å². The average Bonchev–Trinajstić information content (AvgIpc) is 3.12. The number of ketones is 1. The molecule has 1 atom stereocenters.